The Labute approximate surface area is 450 Å². The molecule has 0 saturated carbocycles. The third-order valence-corrected chi connectivity index (χ3v) is 15.8. The third-order valence-electron chi connectivity index (χ3n) is 14.6. The molecule has 4 heterocycles. The van der Waals surface area contributed by atoms with Gasteiger partial charge in [-0.3, -0.25) is 4.57 Å². The van der Waals surface area contributed by atoms with Gasteiger partial charge in [0.05, 0.1) is 28.1 Å². The Morgan fingerprint density at radius 1 is 0.566 bits per heavy atom. The fourth-order valence-electron chi connectivity index (χ4n) is 11.0. The number of benzene rings is 9. The van der Waals surface area contributed by atoms with Crippen molar-refractivity contribution in [3.8, 4) is 50.7 Å². The van der Waals surface area contributed by atoms with Crippen LogP contribution in [0.1, 0.15) is 55.4 Å². The molecule has 1 aliphatic heterocycles. The van der Waals surface area contributed by atoms with E-state index >= 15 is 0 Å². The minimum absolute atomic E-state index is 0.0877. The van der Waals surface area contributed by atoms with Gasteiger partial charge in [-0.05, 0) is 124 Å². The summed E-state index contributed by atoms with van der Waals surface area (Å²) in [6.07, 6.45) is -0.0597. The first-order valence-electron chi connectivity index (χ1n) is 27.0. The summed E-state index contributed by atoms with van der Waals surface area (Å²) in [5.41, 5.74) is 13.0. The highest BCUT2D eigenvalue weighted by Crippen LogP contribution is 2.52. The molecule has 0 bridgehead atoms. The first kappa shape index (κ1) is 44.9. The lowest BCUT2D eigenvalue weighted by Gasteiger charge is -2.30. The first-order chi connectivity index (χ1) is 37.6. The van der Waals surface area contributed by atoms with Gasteiger partial charge in [-0.2, -0.15) is 0 Å². The number of ether oxygens (including phenoxy) is 1. The molecule has 13 rings (SSSR count). The van der Waals surface area contributed by atoms with Crippen molar-refractivity contribution in [3.63, 3.8) is 0 Å². The molecule has 0 saturated heterocycles. The van der Waals surface area contributed by atoms with Crippen LogP contribution >= 0.6 is 11.3 Å². The second-order valence-electron chi connectivity index (χ2n) is 21.9. The number of nitrogens with zero attached hydrogens (tertiary/aromatic N) is 4. The van der Waals surface area contributed by atoms with E-state index in [-0.39, 0.29) is 11.2 Å². The largest absolute Gasteiger partial charge is 0.457 e. The molecule has 372 valence electrons. The molecule has 3 aromatic heterocycles. The lowest BCUT2D eigenvalue weighted by molar-refractivity contribution is 0.411. The molecular weight excluding hydrogens is 952 g/mol. The van der Waals surface area contributed by atoms with Crippen molar-refractivity contribution in [2.24, 2.45) is 5.41 Å². The van der Waals surface area contributed by atoms with Crippen LogP contribution in [0, 0.1) is 11.2 Å². The van der Waals surface area contributed by atoms with Crippen molar-refractivity contribution in [1.29, 1.82) is 0 Å². The zero-order chi connectivity index (χ0) is 53.7. The van der Waals surface area contributed by atoms with E-state index in [1.54, 1.807) is 29.7 Å². The van der Waals surface area contributed by atoms with E-state index in [1.165, 1.54) is 49.0 Å². The maximum atomic E-state index is 14.3. The zero-order valence-corrected chi connectivity index (χ0v) is 44.2. The molecule has 0 spiro atoms. The van der Waals surface area contributed by atoms with E-state index in [9.17, 15) is 7.13 Å². The Balaban J connectivity index is 0.935. The number of halogens is 1. The van der Waals surface area contributed by atoms with E-state index in [2.05, 4.69) is 199 Å². The van der Waals surface area contributed by atoms with Crippen LogP contribution in [0.4, 0.5) is 27.1 Å². The molecule has 0 fully saturated rings. The maximum Gasteiger partial charge on any atom is 0.137 e. The number of pyridine rings is 1. The molecule has 0 amide bonds. The van der Waals surface area contributed by atoms with Gasteiger partial charge in [0.25, 0.3) is 0 Å². The zero-order valence-electron chi connectivity index (χ0n) is 45.4. The predicted molar refractivity (Wildman–Crippen MR) is 318 cm³/mol. The lowest BCUT2D eigenvalue weighted by Crippen LogP contribution is -2.25. The highest BCUT2D eigenvalue weighted by atomic mass is 32.1. The second-order valence-corrected chi connectivity index (χ2v) is 23.0. The van der Waals surface area contributed by atoms with Crippen LogP contribution in [0.25, 0.3) is 81.2 Å². The molecule has 0 radical (unpaired) electrons. The molecule has 76 heavy (non-hydrogen) atoms. The van der Waals surface area contributed by atoms with Crippen LogP contribution in [-0.2, 0) is 11.8 Å². The fraction of sp³-hybridized carbons (Fsp3) is 0.145. The van der Waals surface area contributed by atoms with Crippen LogP contribution in [0.5, 0.6) is 11.5 Å². The number of hydrogen-bond donors (Lipinski definition) is 0. The number of hydrogen-bond acceptors (Lipinski definition) is 5. The van der Waals surface area contributed by atoms with E-state index in [4.69, 9.17) is 9.72 Å². The molecule has 0 atom stereocenters. The minimum atomic E-state index is -1.80. The standard InChI is InChI=1S/C69H57FN4OS/c1-68(2,3)41-47-36-64(71-42-58(47)46-28-30-49(70)31-29-46)74-61-35-34-54-53-24-13-16-27-63(53)76-67(54)65(61)55-33-32-52(40-62(55)74)75-51-23-17-22-50(39-51)72-43-73(60-26-15-14-25-59(60)72)66-56(44-18-9-7-10-19-44)37-48(69(4,5)6)38-57(66)45-20-11-8-12-21-45/h7-40,42H,41,43H2,1-6H3/i41D2. The Morgan fingerprint density at radius 3 is 1.89 bits per heavy atom. The maximum absolute atomic E-state index is 14.3. The van der Waals surface area contributed by atoms with Gasteiger partial charge in [-0.15, -0.1) is 11.3 Å². The van der Waals surface area contributed by atoms with E-state index < -0.39 is 11.8 Å². The molecule has 1 aliphatic rings. The number of fused-ring (bicyclic) bond motifs is 8. The third kappa shape index (κ3) is 8.45. The summed E-state index contributed by atoms with van der Waals surface area (Å²) in [5, 5.41) is 4.51. The van der Waals surface area contributed by atoms with Crippen LogP contribution < -0.4 is 14.5 Å². The summed E-state index contributed by atoms with van der Waals surface area (Å²) in [6.45, 7) is 13.2. The number of thiophene rings is 1. The van der Waals surface area contributed by atoms with Crippen LogP contribution in [0.2, 0.25) is 0 Å². The molecule has 7 heteroatoms. The Kier molecular flexibility index (Phi) is 10.9. The van der Waals surface area contributed by atoms with Crippen molar-refractivity contribution >= 4 is 76.1 Å². The lowest BCUT2D eigenvalue weighted by atomic mass is 9.82. The molecular formula is C69H57FN4OS. The van der Waals surface area contributed by atoms with Crippen molar-refractivity contribution in [2.45, 2.75) is 53.3 Å². The van der Waals surface area contributed by atoms with Gasteiger partial charge >= 0.3 is 0 Å². The van der Waals surface area contributed by atoms with Crippen molar-refractivity contribution in [3.05, 3.63) is 229 Å². The predicted octanol–water partition coefficient (Wildman–Crippen LogP) is 19.6. The van der Waals surface area contributed by atoms with Gasteiger partial charge in [-0.25, -0.2) is 9.37 Å². The highest BCUT2D eigenvalue weighted by molar-refractivity contribution is 7.26. The van der Waals surface area contributed by atoms with Gasteiger partial charge in [0.1, 0.15) is 29.8 Å². The summed E-state index contributed by atoms with van der Waals surface area (Å²) in [4.78, 5) is 9.97. The van der Waals surface area contributed by atoms with Gasteiger partial charge < -0.3 is 14.5 Å². The molecule has 0 aliphatic carbocycles. The van der Waals surface area contributed by atoms with Crippen molar-refractivity contribution in [2.75, 3.05) is 16.5 Å². The normalized spacial score (nSPS) is 13.5. The number of rotatable bonds is 9. The first-order valence-corrected chi connectivity index (χ1v) is 26.8. The van der Waals surface area contributed by atoms with Crippen LogP contribution in [-0.4, -0.2) is 16.2 Å². The molecule has 0 unspecified atom stereocenters. The Hall–Kier alpha value is -8.52. The van der Waals surface area contributed by atoms with Crippen molar-refractivity contribution in [1.82, 2.24) is 9.55 Å². The number of anilines is 4. The summed E-state index contributed by atoms with van der Waals surface area (Å²) in [7, 11) is 0. The molecule has 9 aromatic carbocycles. The van der Waals surface area contributed by atoms with Gasteiger partial charge in [0, 0.05) is 74.4 Å². The van der Waals surface area contributed by atoms with Gasteiger partial charge in [0.15, 0.2) is 0 Å². The molecule has 12 aromatic rings. The molecule has 5 nitrogen and oxygen atoms in total. The Bertz CT molecular complexity index is 4230. The van der Waals surface area contributed by atoms with E-state index in [1.807, 2.05) is 39.0 Å². The van der Waals surface area contributed by atoms with Gasteiger partial charge in [0.2, 0.25) is 0 Å². The van der Waals surface area contributed by atoms with E-state index in [0.29, 0.717) is 40.7 Å². The SMILES string of the molecule is [2H]C([2H])(c1cc(-n2c3cc(Oc4cccc(N5CN(c6c(-c7ccccc7)cc(C(C)(C)C)cc6-c6ccccc6)c6ccccc65)c4)ccc3c3c4sc5ccccc5c4ccc32)ncc1-c1ccc(F)cc1)C(C)(C)C. The summed E-state index contributed by atoms with van der Waals surface area (Å²) in [6, 6.07) is 70.6. The quantitative estimate of drug-likeness (QED) is 0.144. The topological polar surface area (TPSA) is 33.5 Å². The van der Waals surface area contributed by atoms with Crippen LogP contribution in [0.3, 0.4) is 0 Å². The van der Waals surface area contributed by atoms with E-state index in [0.717, 1.165) is 55.7 Å². The average molecular weight is 1010 g/mol. The van der Waals surface area contributed by atoms with Gasteiger partial charge in [-0.1, -0.05) is 157 Å². The Morgan fingerprint density at radius 2 is 1.20 bits per heavy atom. The highest BCUT2D eigenvalue weighted by Gasteiger charge is 2.33. The number of para-hydroxylation sites is 2. The smallest absolute Gasteiger partial charge is 0.137 e. The summed E-state index contributed by atoms with van der Waals surface area (Å²) < 4.78 is 45.1. The monoisotopic (exact) mass is 1010 g/mol. The van der Waals surface area contributed by atoms with Crippen LogP contribution in [0.15, 0.2) is 212 Å². The fourth-order valence-corrected chi connectivity index (χ4v) is 12.3. The average Bonchev–Trinajstić information content (AvgIpc) is 4.30. The molecule has 0 N–H and O–H groups in total. The minimum Gasteiger partial charge on any atom is -0.457 e. The number of aromatic nitrogens is 2. The second kappa shape index (κ2) is 18.4. The van der Waals surface area contributed by atoms with Crippen molar-refractivity contribution < 1.29 is 11.9 Å². The summed E-state index contributed by atoms with van der Waals surface area (Å²) in [5.74, 6) is 1.54. The summed E-state index contributed by atoms with van der Waals surface area (Å²) >= 11 is 1.78.